The Morgan fingerprint density at radius 3 is 2.50 bits per heavy atom. The van der Waals surface area contributed by atoms with E-state index in [2.05, 4.69) is 5.32 Å². The predicted molar refractivity (Wildman–Crippen MR) is 64.2 cm³/mol. The van der Waals surface area contributed by atoms with Crippen LogP contribution in [-0.4, -0.2) is 18.0 Å². The second-order valence-electron chi connectivity index (χ2n) is 4.15. The normalized spacial score (nSPS) is 10.5. The zero-order chi connectivity index (χ0) is 11.5. The van der Waals surface area contributed by atoms with Crippen LogP contribution in [0.15, 0.2) is 24.3 Å². The number of carbonyl (C=O) groups excluding carboxylic acids is 1. The molecule has 1 aromatic carbocycles. The van der Waals surface area contributed by atoms with Crippen LogP contribution < -0.4 is 11.1 Å². The van der Waals surface area contributed by atoms with Gasteiger partial charge in [-0.25, -0.2) is 4.39 Å². The van der Waals surface area contributed by atoms with Gasteiger partial charge in [0.2, 0.25) is 0 Å². The third-order valence-corrected chi connectivity index (χ3v) is 1.82. The van der Waals surface area contributed by atoms with Crippen molar-refractivity contribution in [3.05, 3.63) is 35.6 Å². The lowest BCUT2D eigenvalue weighted by Crippen LogP contribution is -2.45. The van der Waals surface area contributed by atoms with E-state index in [-0.39, 0.29) is 18.0 Å². The van der Waals surface area contributed by atoms with Gasteiger partial charge >= 0.3 is 0 Å². The molecule has 1 aromatic rings. The molecule has 0 fully saturated rings. The van der Waals surface area contributed by atoms with E-state index in [9.17, 15) is 9.18 Å². The molecule has 90 valence electrons. The fourth-order valence-electron chi connectivity index (χ4n) is 1.05. The first-order chi connectivity index (χ1) is 6.90. The quantitative estimate of drug-likeness (QED) is 0.853. The fourth-order valence-corrected chi connectivity index (χ4v) is 1.05. The molecule has 1 rings (SSSR count). The minimum absolute atomic E-state index is 0. The number of halogens is 2. The molecule has 0 radical (unpaired) electrons. The summed E-state index contributed by atoms with van der Waals surface area (Å²) in [4.78, 5) is 11.5. The molecule has 0 unspecified atom stereocenters. The molecule has 0 saturated heterocycles. The van der Waals surface area contributed by atoms with Gasteiger partial charge in [-0.3, -0.25) is 4.79 Å². The maximum atomic E-state index is 13.2. The Balaban J connectivity index is 0.00000225. The van der Waals surface area contributed by atoms with Gasteiger partial charge in [-0.2, -0.15) is 0 Å². The van der Waals surface area contributed by atoms with Crippen LogP contribution in [0, 0.1) is 5.82 Å². The molecule has 0 aliphatic rings. The topological polar surface area (TPSA) is 55.1 Å². The lowest BCUT2D eigenvalue weighted by molar-refractivity contribution is 0.0942. The lowest BCUT2D eigenvalue weighted by Gasteiger charge is -2.18. The van der Waals surface area contributed by atoms with Crippen molar-refractivity contribution in [2.45, 2.75) is 19.4 Å². The number of nitrogens with one attached hydrogen (secondary N) is 1. The number of nitrogens with two attached hydrogens (primary N) is 1. The molecule has 5 heteroatoms. The van der Waals surface area contributed by atoms with Crippen molar-refractivity contribution in [1.29, 1.82) is 0 Å². The van der Waals surface area contributed by atoms with Gasteiger partial charge in [0.15, 0.2) is 0 Å². The van der Waals surface area contributed by atoms with E-state index in [1.54, 1.807) is 26.0 Å². The van der Waals surface area contributed by atoms with Crippen LogP contribution in [0.1, 0.15) is 24.2 Å². The standard InChI is InChI=1S/C11H15FN2O.ClH/c1-11(2,13)7-14-10(15)8-5-3-4-6-9(8)12;/h3-6H,7,13H2,1-2H3,(H,14,15);1H. The number of amides is 1. The Morgan fingerprint density at radius 2 is 2.00 bits per heavy atom. The Bertz CT molecular complexity index is 363. The summed E-state index contributed by atoms with van der Waals surface area (Å²) in [7, 11) is 0. The van der Waals surface area contributed by atoms with E-state index < -0.39 is 17.3 Å². The van der Waals surface area contributed by atoms with Gasteiger partial charge in [0.05, 0.1) is 5.56 Å². The minimum Gasteiger partial charge on any atom is -0.350 e. The van der Waals surface area contributed by atoms with Gasteiger partial charge in [0.1, 0.15) is 5.82 Å². The van der Waals surface area contributed by atoms with Crippen molar-refractivity contribution >= 4 is 18.3 Å². The Hall–Kier alpha value is -1.13. The highest BCUT2D eigenvalue weighted by Crippen LogP contribution is 2.06. The second-order valence-corrected chi connectivity index (χ2v) is 4.15. The van der Waals surface area contributed by atoms with Gasteiger partial charge in [-0.05, 0) is 26.0 Å². The first-order valence-corrected chi connectivity index (χ1v) is 4.72. The van der Waals surface area contributed by atoms with Crippen LogP contribution in [-0.2, 0) is 0 Å². The minimum atomic E-state index is -0.523. The van der Waals surface area contributed by atoms with Gasteiger partial charge in [-0.15, -0.1) is 12.4 Å². The van der Waals surface area contributed by atoms with E-state index in [0.717, 1.165) is 0 Å². The number of hydrogen-bond donors (Lipinski definition) is 2. The van der Waals surface area contributed by atoms with E-state index in [0.29, 0.717) is 6.54 Å². The van der Waals surface area contributed by atoms with E-state index >= 15 is 0 Å². The van der Waals surface area contributed by atoms with Crippen LogP contribution in [0.3, 0.4) is 0 Å². The molecular weight excluding hydrogens is 231 g/mol. The van der Waals surface area contributed by atoms with Crippen molar-refractivity contribution in [2.75, 3.05) is 6.54 Å². The third kappa shape index (κ3) is 4.59. The molecule has 3 N–H and O–H groups in total. The van der Waals surface area contributed by atoms with Crippen LogP contribution in [0.4, 0.5) is 4.39 Å². The molecule has 0 heterocycles. The van der Waals surface area contributed by atoms with E-state index in [4.69, 9.17) is 5.73 Å². The fraction of sp³-hybridized carbons (Fsp3) is 0.364. The molecule has 0 aliphatic carbocycles. The summed E-state index contributed by atoms with van der Waals surface area (Å²) < 4.78 is 13.2. The Morgan fingerprint density at radius 1 is 1.44 bits per heavy atom. The zero-order valence-corrected chi connectivity index (χ0v) is 10.1. The third-order valence-electron chi connectivity index (χ3n) is 1.82. The summed E-state index contributed by atoms with van der Waals surface area (Å²) in [6, 6.07) is 5.85. The maximum Gasteiger partial charge on any atom is 0.254 e. The molecule has 0 atom stereocenters. The van der Waals surface area contributed by atoms with Crippen LogP contribution in [0.25, 0.3) is 0 Å². The van der Waals surface area contributed by atoms with Crippen LogP contribution >= 0.6 is 12.4 Å². The first kappa shape index (κ1) is 14.9. The molecule has 3 nitrogen and oxygen atoms in total. The highest BCUT2D eigenvalue weighted by atomic mass is 35.5. The summed E-state index contributed by atoms with van der Waals surface area (Å²) in [5, 5.41) is 2.58. The summed E-state index contributed by atoms with van der Waals surface area (Å²) >= 11 is 0. The molecule has 0 aliphatic heterocycles. The van der Waals surface area contributed by atoms with Crippen LogP contribution in [0.2, 0.25) is 0 Å². The molecular formula is C11H16ClFN2O. The molecule has 16 heavy (non-hydrogen) atoms. The second kappa shape index (κ2) is 5.82. The summed E-state index contributed by atoms with van der Waals surface area (Å²) in [5.74, 6) is -0.962. The first-order valence-electron chi connectivity index (χ1n) is 4.72. The van der Waals surface area contributed by atoms with Gasteiger partial charge in [-0.1, -0.05) is 12.1 Å². The average molecular weight is 247 g/mol. The van der Waals surface area contributed by atoms with Gasteiger partial charge in [0.25, 0.3) is 5.91 Å². The molecule has 0 bridgehead atoms. The number of rotatable bonds is 3. The van der Waals surface area contributed by atoms with Crippen molar-refractivity contribution in [2.24, 2.45) is 5.73 Å². The monoisotopic (exact) mass is 246 g/mol. The SMILES string of the molecule is CC(C)(N)CNC(=O)c1ccccc1F.Cl. The number of hydrogen-bond acceptors (Lipinski definition) is 2. The highest BCUT2D eigenvalue weighted by molar-refractivity contribution is 5.94. The van der Waals surface area contributed by atoms with Gasteiger partial charge < -0.3 is 11.1 Å². The largest absolute Gasteiger partial charge is 0.350 e. The predicted octanol–water partition coefficient (Wildman–Crippen LogP) is 1.71. The molecule has 0 spiro atoms. The van der Waals surface area contributed by atoms with Crippen molar-refractivity contribution in [3.63, 3.8) is 0 Å². The summed E-state index contributed by atoms with van der Waals surface area (Å²) in [6.45, 7) is 3.88. The molecule has 0 aromatic heterocycles. The Labute approximate surface area is 101 Å². The van der Waals surface area contributed by atoms with Gasteiger partial charge in [0, 0.05) is 12.1 Å². The lowest BCUT2D eigenvalue weighted by atomic mass is 10.1. The van der Waals surface area contributed by atoms with E-state index in [1.807, 2.05) is 0 Å². The summed E-state index contributed by atoms with van der Waals surface area (Å²) in [6.07, 6.45) is 0. The number of carbonyl (C=O) groups is 1. The van der Waals surface area contributed by atoms with Crippen molar-refractivity contribution in [1.82, 2.24) is 5.32 Å². The van der Waals surface area contributed by atoms with Crippen molar-refractivity contribution in [3.8, 4) is 0 Å². The maximum absolute atomic E-state index is 13.2. The highest BCUT2D eigenvalue weighted by Gasteiger charge is 2.15. The average Bonchev–Trinajstić information content (AvgIpc) is 2.14. The summed E-state index contributed by atoms with van der Waals surface area (Å²) in [5.41, 5.74) is 5.24. The molecule has 0 saturated carbocycles. The zero-order valence-electron chi connectivity index (χ0n) is 9.29. The van der Waals surface area contributed by atoms with E-state index in [1.165, 1.54) is 12.1 Å². The molecule has 1 amide bonds. The van der Waals surface area contributed by atoms with Crippen LogP contribution in [0.5, 0.6) is 0 Å². The smallest absolute Gasteiger partial charge is 0.254 e. The number of benzene rings is 1. The Kier molecular flexibility index (Phi) is 5.41. The van der Waals surface area contributed by atoms with Crippen molar-refractivity contribution < 1.29 is 9.18 Å².